The number of nitrogens with one attached hydrogen (secondary N) is 1. The molecule has 0 aliphatic carbocycles. The van der Waals surface area contributed by atoms with E-state index in [1.165, 1.54) is 0 Å². The van der Waals surface area contributed by atoms with E-state index in [1.54, 1.807) is 4.83 Å². The number of halogens is 3. The Bertz CT molecular complexity index is 708. The molecule has 1 aromatic rings. The molecule has 0 spiro atoms. The van der Waals surface area contributed by atoms with Gasteiger partial charge in [-0.2, -0.15) is 26.7 Å². The lowest BCUT2D eigenvalue weighted by Crippen LogP contribution is -2.24. The minimum Gasteiger partial charge on any atom is -0.200 e. The summed E-state index contributed by atoms with van der Waals surface area (Å²) < 4.78 is 61.9. The molecule has 0 amide bonds. The van der Waals surface area contributed by atoms with Crippen LogP contribution in [0.5, 0.6) is 0 Å². The van der Waals surface area contributed by atoms with Gasteiger partial charge in [0.1, 0.15) is 6.21 Å². The second kappa shape index (κ2) is 7.76. The van der Waals surface area contributed by atoms with Crippen LogP contribution in [0.15, 0.2) is 22.1 Å². The van der Waals surface area contributed by atoms with Gasteiger partial charge in [-0.3, -0.25) is 0 Å². The molecule has 0 bridgehead atoms. The highest BCUT2D eigenvalue weighted by Crippen LogP contribution is 2.35. The minimum atomic E-state index is -4.69. The molecule has 0 saturated heterocycles. The number of rotatable bonds is 6. The highest BCUT2D eigenvalue weighted by Gasteiger charge is 2.28. The lowest BCUT2D eigenvalue weighted by Gasteiger charge is -2.22. The van der Waals surface area contributed by atoms with Crippen molar-refractivity contribution in [2.45, 2.75) is 70.4 Å². The van der Waals surface area contributed by atoms with E-state index in [1.807, 2.05) is 53.7 Å². The molecule has 0 heterocycles. The van der Waals surface area contributed by atoms with E-state index in [0.717, 1.165) is 5.56 Å². The van der Waals surface area contributed by atoms with Crippen molar-refractivity contribution in [3.05, 3.63) is 28.8 Å². The average molecular weight is 378 g/mol. The SMILES string of the molecule is CC(C)c1cc(C(C)C)c(S(=O)(=O)N/N=C/C(F)(F)F)c(C(C)C)c1. The Labute approximate surface area is 147 Å². The first-order valence-corrected chi connectivity index (χ1v) is 9.55. The van der Waals surface area contributed by atoms with Crippen LogP contribution in [0.1, 0.15) is 76.0 Å². The van der Waals surface area contributed by atoms with Gasteiger partial charge < -0.3 is 0 Å². The van der Waals surface area contributed by atoms with E-state index in [0.29, 0.717) is 11.1 Å². The van der Waals surface area contributed by atoms with Gasteiger partial charge in [0.25, 0.3) is 10.0 Å². The number of hydrogen-bond donors (Lipinski definition) is 1. The van der Waals surface area contributed by atoms with Gasteiger partial charge in [-0.15, -0.1) is 0 Å². The van der Waals surface area contributed by atoms with Crippen molar-refractivity contribution in [1.82, 2.24) is 4.83 Å². The molecule has 25 heavy (non-hydrogen) atoms. The van der Waals surface area contributed by atoms with E-state index in [-0.39, 0.29) is 28.9 Å². The minimum absolute atomic E-state index is 0.0150. The van der Waals surface area contributed by atoms with Gasteiger partial charge in [-0.25, -0.2) is 4.83 Å². The van der Waals surface area contributed by atoms with Crippen LogP contribution in [-0.4, -0.2) is 20.8 Å². The number of benzene rings is 1. The second-order valence-electron chi connectivity index (χ2n) is 6.89. The summed E-state index contributed by atoms with van der Waals surface area (Å²) in [6, 6.07) is 3.62. The van der Waals surface area contributed by atoms with E-state index in [9.17, 15) is 21.6 Å². The third-order valence-corrected chi connectivity index (χ3v) is 5.09. The summed E-state index contributed by atoms with van der Waals surface area (Å²) in [5.74, 6) is -0.0355. The van der Waals surface area contributed by atoms with Gasteiger partial charge in [0.15, 0.2) is 0 Å². The smallest absolute Gasteiger partial charge is 0.200 e. The summed E-state index contributed by atoms with van der Waals surface area (Å²) in [6.07, 6.45) is -5.07. The van der Waals surface area contributed by atoms with Crippen LogP contribution in [0, 0.1) is 0 Å². The highest BCUT2D eigenvalue weighted by atomic mass is 32.2. The van der Waals surface area contributed by atoms with Crippen molar-refractivity contribution < 1.29 is 21.6 Å². The van der Waals surface area contributed by atoms with Crippen molar-refractivity contribution in [1.29, 1.82) is 0 Å². The Morgan fingerprint density at radius 1 is 0.960 bits per heavy atom. The molecule has 0 saturated carbocycles. The number of nitrogens with zero attached hydrogens (tertiary/aromatic N) is 1. The molecular weight excluding hydrogens is 353 g/mol. The zero-order valence-electron chi connectivity index (χ0n) is 15.3. The first-order valence-electron chi connectivity index (χ1n) is 8.06. The van der Waals surface area contributed by atoms with Crippen molar-refractivity contribution in [2.24, 2.45) is 5.10 Å². The number of hydrogen-bond acceptors (Lipinski definition) is 3. The molecule has 0 radical (unpaired) electrons. The summed E-state index contributed by atoms with van der Waals surface area (Å²) in [6.45, 7) is 11.4. The zero-order chi connectivity index (χ0) is 19.6. The zero-order valence-corrected chi connectivity index (χ0v) is 16.1. The standard InChI is InChI=1S/C17H25F3N2O2S/c1-10(2)13-7-14(11(3)4)16(15(8-13)12(5)6)25(23,24)22-21-9-17(18,19)20/h7-12,22H,1-6H3/b21-9+. The molecule has 1 N–H and O–H groups in total. The predicted molar refractivity (Wildman–Crippen MR) is 93.6 cm³/mol. The third kappa shape index (κ3) is 5.73. The maximum Gasteiger partial charge on any atom is 0.428 e. The van der Waals surface area contributed by atoms with Crippen LogP contribution in [-0.2, 0) is 10.0 Å². The van der Waals surface area contributed by atoms with Crippen LogP contribution >= 0.6 is 0 Å². The summed E-state index contributed by atoms with van der Waals surface area (Å²) in [5.41, 5.74) is 2.14. The molecule has 0 atom stereocenters. The van der Waals surface area contributed by atoms with Crippen LogP contribution < -0.4 is 4.83 Å². The lowest BCUT2D eigenvalue weighted by molar-refractivity contribution is -0.0538. The van der Waals surface area contributed by atoms with E-state index in [4.69, 9.17) is 0 Å². The Hall–Kier alpha value is -1.57. The van der Waals surface area contributed by atoms with Gasteiger partial charge in [-0.1, -0.05) is 53.7 Å². The van der Waals surface area contributed by atoms with E-state index < -0.39 is 16.2 Å². The summed E-state index contributed by atoms with van der Waals surface area (Å²) in [7, 11) is -4.22. The van der Waals surface area contributed by atoms with Crippen LogP contribution in [0.2, 0.25) is 0 Å². The summed E-state index contributed by atoms with van der Waals surface area (Å²) in [5, 5.41) is 2.86. The van der Waals surface area contributed by atoms with Gasteiger partial charge >= 0.3 is 6.18 Å². The maximum atomic E-state index is 12.7. The molecule has 0 aromatic heterocycles. The van der Waals surface area contributed by atoms with E-state index >= 15 is 0 Å². The molecule has 8 heteroatoms. The summed E-state index contributed by atoms with van der Waals surface area (Å²) in [4.78, 5) is 1.71. The van der Waals surface area contributed by atoms with Crippen molar-refractivity contribution >= 4 is 16.2 Å². The van der Waals surface area contributed by atoms with Crippen LogP contribution in [0.4, 0.5) is 13.2 Å². The van der Waals surface area contributed by atoms with Crippen molar-refractivity contribution in [2.75, 3.05) is 0 Å². The number of sulfonamides is 1. The molecule has 142 valence electrons. The monoisotopic (exact) mass is 378 g/mol. The molecular formula is C17H25F3N2O2S. The topological polar surface area (TPSA) is 58.5 Å². The third-order valence-electron chi connectivity index (χ3n) is 3.73. The van der Waals surface area contributed by atoms with Gasteiger partial charge in [0.05, 0.1) is 4.90 Å². The van der Waals surface area contributed by atoms with Crippen LogP contribution in [0.3, 0.4) is 0 Å². The molecule has 4 nitrogen and oxygen atoms in total. The fraction of sp³-hybridized carbons (Fsp3) is 0.588. The number of alkyl halides is 3. The molecule has 1 rings (SSSR count). The van der Waals surface area contributed by atoms with Crippen molar-refractivity contribution in [3.63, 3.8) is 0 Å². The average Bonchev–Trinajstić information content (AvgIpc) is 2.43. The first kappa shape index (κ1) is 21.5. The quantitative estimate of drug-likeness (QED) is 0.566. The Morgan fingerprint density at radius 3 is 1.72 bits per heavy atom. The molecule has 0 fully saturated rings. The fourth-order valence-electron chi connectivity index (χ4n) is 2.41. The maximum absolute atomic E-state index is 12.7. The Kier molecular flexibility index (Phi) is 6.67. The summed E-state index contributed by atoms with van der Waals surface area (Å²) >= 11 is 0. The molecule has 0 unspecified atom stereocenters. The lowest BCUT2D eigenvalue weighted by atomic mass is 9.89. The first-order chi connectivity index (χ1) is 11.3. The Balaban J connectivity index is 3.58. The second-order valence-corrected chi connectivity index (χ2v) is 8.48. The highest BCUT2D eigenvalue weighted by molar-refractivity contribution is 7.89. The normalized spacial score (nSPS) is 13.4. The van der Waals surface area contributed by atoms with E-state index in [2.05, 4.69) is 5.10 Å². The fourth-order valence-corrected chi connectivity index (χ4v) is 3.91. The van der Waals surface area contributed by atoms with Crippen molar-refractivity contribution in [3.8, 4) is 0 Å². The Morgan fingerprint density at radius 2 is 1.40 bits per heavy atom. The molecule has 0 aliphatic heterocycles. The molecule has 0 aliphatic rings. The van der Waals surface area contributed by atoms with Gasteiger partial charge in [0, 0.05) is 0 Å². The number of hydrazone groups is 1. The van der Waals surface area contributed by atoms with Crippen LogP contribution in [0.25, 0.3) is 0 Å². The largest absolute Gasteiger partial charge is 0.428 e. The molecule has 1 aromatic carbocycles. The predicted octanol–water partition coefficient (Wildman–Crippen LogP) is 4.88. The van der Waals surface area contributed by atoms with Gasteiger partial charge in [-0.05, 0) is 34.4 Å². The van der Waals surface area contributed by atoms with Gasteiger partial charge in [0.2, 0.25) is 0 Å².